The number of amides is 1. The molecule has 4 N–H and O–H groups in total. The van der Waals surface area contributed by atoms with Gasteiger partial charge in [0.05, 0.1) is 52.1 Å². The molecule has 2 fully saturated rings. The van der Waals surface area contributed by atoms with E-state index in [1.807, 2.05) is 18.2 Å². The van der Waals surface area contributed by atoms with Crippen LogP contribution in [0.2, 0.25) is 0 Å². The fourth-order valence-electron chi connectivity index (χ4n) is 5.16. The summed E-state index contributed by atoms with van der Waals surface area (Å²) in [6, 6.07) is 9.61. The molecule has 2 bridgehead atoms. The van der Waals surface area contributed by atoms with E-state index in [1.165, 1.54) is 26.2 Å². The van der Waals surface area contributed by atoms with Gasteiger partial charge in [-0.1, -0.05) is 0 Å². The Morgan fingerprint density at radius 3 is 2.92 bits per heavy atom. The Bertz CT molecular complexity index is 1330. The summed E-state index contributed by atoms with van der Waals surface area (Å²) in [5, 5.41) is 33.1. The largest absolute Gasteiger partial charge is 0.387 e. The standard InChI is InChI=1S/C26H30FN7O2/c1-26(2,36)24(27)14-31-25(35)19-13-30-22(23-4-3-18-6-16(9-28)11-32-34(18)23)8-21(19)33-20-7-15-5-17(20)12-29-10-15/h3-4,6,8,11,13,15,17,20,24,29,36H,5,7,10,12,14H2,1-2H3,(H,30,33)(H,31,35)/t15?,17?,20?,24-/m1/s1. The zero-order valence-corrected chi connectivity index (χ0v) is 20.3. The minimum absolute atomic E-state index is 0.206. The van der Waals surface area contributed by atoms with Crippen LogP contribution >= 0.6 is 0 Å². The van der Waals surface area contributed by atoms with E-state index in [0.29, 0.717) is 34.3 Å². The number of carbonyl (C=O) groups excluding carboxylic acids is 1. The summed E-state index contributed by atoms with van der Waals surface area (Å²) in [6.45, 7) is 4.36. The Morgan fingerprint density at radius 2 is 2.17 bits per heavy atom. The normalized spacial score (nSPS) is 22.2. The number of fused-ring (bicyclic) bond motifs is 3. The number of hydrogen-bond acceptors (Lipinski definition) is 7. The Morgan fingerprint density at radius 1 is 1.33 bits per heavy atom. The van der Waals surface area contributed by atoms with Gasteiger partial charge in [-0.05, 0) is 75.9 Å². The van der Waals surface area contributed by atoms with Crippen LogP contribution in [0, 0.1) is 23.2 Å². The van der Waals surface area contributed by atoms with Gasteiger partial charge in [-0.15, -0.1) is 0 Å². The number of alkyl halides is 1. The fraction of sp³-hybridized carbons (Fsp3) is 0.462. The molecule has 36 heavy (non-hydrogen) atoms. The molecule has 1 aliphatic carbocycles. The lowest BCUT2D eigenvalue weighted by atomic mass is 9.99. The molecule has 3 aromatic rings. The maximum atomic E-state index is 14.3. The Balaban J connectivity index is 1.47. The number of nitrogens with one attached hydrogen (secondary N) is 3. The van der Waals surface area contributed by atoms with Crippen LogP contribution in [0.25, 0.3) is 16.9 Å². The first kappa shape index (κ1) is 24.2. The predicted octanol–water partition coefficient (Wildman–Crippen LogP) is 2.52. The fourth-order valence-corrected chi connectivity index (χ4v) is 5.16. The third-order valence-corrected chi connectivity index (χ3v) is 7.22. The second kappa shape index (κ2) is 9.48. The second-order valence-corrected chi connectivity index (χ2v) is 10.4. The summed E-state index contributed by atoms with van der Waals surface area (Å²) in [7, 11) is 0. The van der Waals surface area contributed by atoms with E-state index in [0.717, 1.165) is 37.1 Å². The van der Waals surface area contributed by atoms with E-state index < -0.39 is 17.7 Å². The number of halogens is 1. The van der Waals surface area contributed by atoms with Gasteiger partial charge in [0, 0.05) is 12.2 Å². The highest BCUT2D eigenvalue weighted by Crippen LogP contribution is 2.36. The lowest BCUT2D eigenvalue weighted by Gasteiger charge is -2.25. The van der Waals surface area contributed by atoms with Gasteiger partial charge in [0.2, 0.25) is 0 Å². The van der Waals surface area contributed by atoms with E-state index in [2.05, 4.69) is 32.1 Å². The van der Waals surface area contributed by atoms with Crippen molar-refractivity contribution in [1.29, 1.82) is 5.26 Å². The molecular weight excluding hydrogens is 461 g/mol. The summed E-state index contributed by atoms with van der Waals surface area (Å²) in [6.07, 6.45) is 3.54. The number of nitrogens with zero attached hydrogens (tertiary/aromatic N) is 4. The molecule has 1 amide bonds. The number of carbonyl (C=O) groups is 1. The van der Waals surface area contributed by atoms with E-state index >= 15 is 0 Å². The first-order valence-corrected chi connectivity index (χ1v) is 12.2. The average Bonchev–Trinajstić information content (AvgIpc) is 3.40. The number of nitriles is 1. The number of aliphatic hydroxyl groups is 1. The highest BCUT2D eigenvalue weighted by Gasteiger charge is 2.37. The molecule has 1 saturated carbocycles. The molecule has 3 unspecified atom stereocenters. The summed E-state index contributed by atoms with van der Waals surface area (Å²) in [5.41, 5.74) is 1.95. The summed E-state index contributed by atoms with van der Waals surface area (Å²) in [5.74, 6) is 0.605. The van der Waals surface area contributed by atoms with Gasteiger partial charge < -0.3 is 21.1 Å². The molecule has 4 atom stereocenters. The first-order chi connectivity index (χ1) is 17.2. The molecule has 5 rings (SSSR count). The predicted molar refractivity (Wildman–Crippen MR) is 133 cm³/mol. The van der Waals surface area contributed by atoms with E-state index in [9.17, 15) is 14.3 Å². The number of hydrogen-bond donors (Lipinski definition) is 4. The second-order valence-electron chi connectivity index (χ2n) is 10.4. The maximum Gasteiger partial charge on any atom is 0.255 e. The lowest BCUT2D eigenvalue weighted by molar-refractivity contribution is -0.00177. The molecule has 1 saturated heterocycles. The smallest absolute Gasteiger partial charge is 0.255 e. The average molecular weight is 492 g/mol. The Labute approximate surface area is 208 Å². The van der Waals surface area contributed by atoms with Crippen LogP contribution in [0.15, 0.2) is 36.7 Å². The highest BCUT2D eigenvalue weighted by molar-refractivity contribution is 6.00. The van der Waals surface area contributed by atoms with Crippen molar-refractivity contribution in [2.45, 2.75) is 44.5 Å². The van der Waals surface area contributed by atoms with Crippen LogP contribution in [0.5, 0.6) is 0 Å². The number of rotatable bonds is 7. The topological polar surface area (TPSA) is 127 Å². The van der Waals surface area contributed by atoms with Crippen molar-refractivity contribution in [3.8, 4) is 17.5 Å². The van der Waals surface area contributed by atoms with Gasteiger partial charge in [-0.2, -0.15) is 10.4 Å². The number of pyridine rings is 1. The summed E-state index contributed by atoms with van der Waals surface area (Å²) >= 11 is 0. The third-order valence-electron chi connectivity index (χ3n) is 7.22. The van der Waals surface area contributed by atoms with Crippen molar-refractivity contribution in [3.05, 3.63) is 47.8 Å². The molecule has 10 heteroatoms. The van der Waals surface area contributed by atoms with Crippen LogP contribution in [-0.2, 0) is 0 Å². The van der Waals surface area contributed by atoms with Crippen LogP contribution in [-0.4, -0.2) is 63.1 Å². The first-order valence-electron chi connectivity index (χ1n) is 12.2. The molecule has 9 nitrogen and oxygen atoms in total. The van der Waals surface area contributed by atoms with E-state index in [-0.39, 0.29) is 12.6 Å². The van der Waals surface area contributed by atoms with Crippen LogP contribution in [0.4, 0.5) is 10.1 Å². The number of anilines is 1. The van der Waals surface area contributed by atoms with Crippen molar-refractivity contribution in [2.75, 3.05) is 25.0 Å². The van der Waals surface area contributed by atoms with E-state index in [1.54, 1.807) is 10.6 Å². The quantitative estimate of drug-likeness (QED) is 0.400. The molecular formula is C26H30FN7O2. The molecule has 188 valence electrons. The van der Waals surface area contributed by atoms with Gasteiger partial charge in [0.25, 0.3) is 5.91 Å². The van der Waals surface area contributed by atoms with Gasteiger partial charge in [-0.3, -0.25) is 9.78 Å². The van der Waals surface area contributed by atoms with Gasteiger partial charge in [-0.25, -0.2) is 8.91 Å². The minimum atomic E-state index is -1.61. The Kier molecular flexibility index (Phi) is 6.36. The van der Waals surface area contributed by atoms with Crippen molar-refractivity contribution in [2.24, 2.45) is 11.8 Å². The minimum Gasteiger partial charge on any atom is -0.387 e. The van der Waals surface area contributed by atoms with Gasteiger partial charge in [0.15, 0.2) is 0 Å². The molecule has 0 aromatic carbocycles. The van der Waals surface area contributed by atoms with Crippen molar-refractivity contribution >= 4 is 17.1 Å². The van der Waals surface area contributed by atoms with Gasteiger partial charge >= 0.3 is 0 Å². The van der Waals surface area contributed by atoms with Crippen LogP contribution < -0.4 is 16.0 Å². The number of piperidine rings is 1. The maximum absolute atomic E-state index is 14.3. The van der Waals surface area contributed by atoms with E-state index in [4.69, 9.17) is 5.26 Å². The zero-order valence-electron chi connectivity index (χ0n) is 20.3. The highest BCUT2D eigenvalue weighted by atomic mass is 19.1. The Hall–Kier alpha value is -3.55. The zero-order chi connectivity index (χ0) is 25.4. The summed E-state index contributed by atoms with van der Waals surface area (Å²) < 4.78 is 16.0. The van der Waals surface area contributed by atoms with Crippen LogP contribution in [0.1, 0.15) is 42.6 Å². The third kappa shape index (κ3) is 4.76. The number of aromatic nitrogens is 3. The SMILES string of the molecule is CC(C)(O)[C@H](F)CNC(=O)c1cnc(-c2ccc3cc(C#N)cnn23)cc1NC1CC2CNCC1C2. The molecule has 1 aliphatic heterocycles. The monoisotopic (exact) mass is 491 g/mol. The van der Waals surface area contributed by atoms with Gasteiger partial charge in [0.1, 0.15) is 12.2 Å². The van der Waals surface area contributed by atoms with Crippen LogP contribution in [0.3, 0.4) is 0 Å². The summed E-state index contributed by atoms with van der Waals surface area (Å²) in [4.78, 5) is 17.6. The lowest BCUT2D eigenvalue weighted by Crippen LogP contribution is -2.42. The molecule has 3 aromatic heterocycles. The molecule has 2 aliphatic rings. The van der Waals surface area contributed by atoms with Crippen molar-refractivity contribution in [3.63, 3.8) is 0 Å². The molecule has 0 spiro atoms. The molecule has 0 radical (unpaired) electrons. The van der Waals surface area contributed by atoms with Crippen molar-refractivity contribution in [1.82, 2.24) is 25.2 Å². The van der Waals surface area contributed by atoms with Crippen molar-refractivity contribution < 1.29 is 14.3 Å². The molecule has 4 heterocycles.